The van der Waals surface area contributed by atoms with Crippen molar-refractivity contribution in [2.24, 2.45) is 0 Å². The van der Waals surface area contributed by atoms with E-state index in [9.17, 15) is 17.6 Å². The van der Waals surface area contributed by atoms with Gasteiger partial charge in [0.05, 0.1) is 12.3 Å². The zero-order valence-corrected chi connectivity index (χ0v) is 19.1. The van der Waals surface area contributed by atoms with Crippen LogP contribution in [0.2, 0.25) is 0 Å². The summed E-state index contributed by atoms with van der Waals surface area (Å²) >= 11 is 0. The first-order valence-electron chi connectivity index (χ1n) is 10.7. The van der Waals surface area contributed by atoms with Crippen LogP contribution in [-0.2, 0) is 14.8 Å². The molecule has 1 aromatic carbocycles. The van der Waals surface area contributed by atoms with Gasteiger partial charge in [0.25, 0.3) is 0 Å². The number of hydrogen-bond acceptors (Lipinski definition) is 6. The number of nitrogens with one attached hydrogen (secondary N) is 2. The molecule has 8 nitrogen and oxygen atoms in total. The van der Waals surface area contributed by atoms with E-state index in [1.807, 2.05) is 7.05 Å². The Labute approximate surface area is 184 Å². The van der Waals surface area contributed by atoms with Crippen LogP contribution < -0.4 is 14.8 Å². The number of sulfonamides is 1. The molecule has 0 aromatic heterocycles. The fourth-order valence-electron chi connectivity index (χ4n) is 3.59. The van der Waals surface area contributed by atoms with Crippen molar-refractivity contribution in [3.63, 3.8) is 0 Å². The first kappa shape index (κ1) is 25.5. The quantitative estimate of drug-likeness (QED) is 0.366. The van der Waals surface area contributed by atoms with E-state index in [0.29, 0.717) is 38.0 Å². The molecule has 1 aliphatic heterocycles. The van der Waals surface area contributed by atoms with Crippen molar-refractivity contribution >= 4 is 16.0 Å². The number of unbranched alkanes of at least 4 members (excludes halogenated alkanes) is 2. The highest BCUT2D eigenvalue weighted by molar-refractivity contribution is 7.89. The van der Waals surface area contributed by atoms with Gasteiger partial charge in [-0.15, -0.1) is 0 Å². The molecular weight excluding hydrogens is 425 g/mol. The van der Waals surface area contributed by atoms with Crippen LogP contribution in [0.5, 0.6) is 5.75 Å². The van der Waals surface area contributed by atoms with Gasteiger partial charge in [0, 0.05) is 12.1 Å². The van der Waals surface area contributed by atoms with Crippen molar-refractivity contribution in [1.29, 1.82) is 0 Å². The van der Waals surface area contributed by atoms with E-state index in [1.165, 1.54) is 6.07 Å². The Morgan fingerprint density at radius 2 is 2.13 bits per heavy atom. The fourth-order valence-corrected chi connectivity index (χ4v) is 4.96. The smallest absolute Gasteiger partial charge is 0.317 e. The maximum atomic E-state index is 14.2. The average molecular weight is 460 g/mol. The summed E-state index contributed by atoms with van der Waals surface area (Å²) < 4.78 is 47.2. The molecular formula is C21H34FN3O5S. The minimum Gasteiger partial charge on any atom is -0.489 e. The Bertz CT molecular complexity index is 821. The number of benzene rings is 1. The summed E-state index contributed by atoms with van der Waals surface area (Å²) in [5.41, 5.74) is 0.637. The Kier molecular flexibility index (Phi) is 10.1. The molecule has 1 aromatic rings. The van der Waals surface area contributed by atoms with Gasteiger partial charge in [0.15, 0.2) is 11.6 Å². The molecule has 1 fully saturated rings. The normalized spacial score (nSPS) is 18.2. The van der Waals surface area contributed by atoms with Gasteiger partial charge in [-0.25, -0.2) is 17.5 Å². The van der Waals surface area contributed by atoms with Crippen LogP contribution in [0.4, 0.5) is 4.39 Å². The highest BCUT2D eigenvalue weighted by Crippen LogP contribution is 2.25. The maximum absolute atomic E-state index is 14.2. The number of carbonyl (C=O) groups is 1. The van der Waals surface area contributed by atoms with Gasteiger partial charge in [-0.3, -0.25) is 4.79 Å². The van der Waals surface area contributed by atoms with E-state index in [-0.39, 0.29) is 24.1 Å². The maximum Gasteiger partial charge on any atom is 0.317 e. The summed E-state index contributed by atoms with van der Waals surface area (Å²) in [6.45, 7) is 3.56. The summed E-state index contributed by atoms with van der Waals surface area (Å²) in [7, 11) is -1.47. The molecule has 2 atom stereocenters. The van der Waals surface area contributed by atoms with Crippen molar-refractivity contribution in [2.75, 3.05) is 39.0 Å². The van der Waals surface area contributed by atoms with E-state index in [1.54, 1.807) is 19.1 Å². The van der Waals surface area contributed by atoms with E-state index in [4.69, 9.17) is 9.84 Å². The van der Waals surface area contributed by atoms with E-state index in [0.717, 1.165) is 19.4 Å². The van der Waals surface area contributed by atoms with E-state index in [2.05, 4.69) is 14.9 Å². The van der Waals surface area contributed by atoms with Crippen molar-refractivity contribution in [3.05, 3.63) is 29.6 Å². The van der Waals surface area contributed by atoms with Crippen LogP contribution in [0.3, 0.4) is 0 Å². The lowest BCUT2D eigenvalue weighted by Gasteiger charge is -2.21. The minimum absolute atomic E-state index is 0.0190. The minimum atomic E-state index is -3.50. The first-order chi connectivity index (χ1) is 14.7. The zero-order chi connectivity index (χ0) is 22.9. The Hall–Kier alpha value is -1.75. The number of carboxylic acids is 1. The summed E-state index contributed by atoms with van der Waals surface area (Å²) in [6.07, 6.45) is 3.97. The lowest BCUT2D eigenvalue weighted by molar-refractivity contribution is -0.135. The molecule has 0 unspecified atom stereocenters. The molecule has 1 saturated heterocycles. The monoisotopic (exact) mass is 459 g/mol. The summed E-state index contributed by atoms with van der Waals surface area (Å²) in [5, 5.41) is 11.3. The highest BCUT2D eigenvalue weighted by Gasteiger charge is 2.22. The number of likely N-dealkylation sites (N-methyl/N-ethyl adjacent to an activating group) is 1. The average Bonchev–Trinajstić information content (AvgIpc) is 3.10. The van der Waals surface area contributed by atoms with Crippen LogP contribution in [0.15, 0.2) is 18.2 Å². The largest absolute Gasteiger partial charge is 0.489 e. The molecule has 10 heteroatoms. The second-order valence-electron chi connectivity index (χ2n) is 8.07. The molecule has 0 radical (unpaired) electrons. The van der Waals surface area contributed by atoms with Crippen LogP contribution in [0, 0.1) is 5.82 Å². The molecule has 31 heavy (non-hydrogen) atoms. The summed E-state index contributed by atoms with van der Waals surface area (Å²) in [5.74, 6) is -1.26. The van der Waals surface area contributed by atoms with Gasteiger partial charge in [0.2, 0.25) is 10.0 Å². The van der Waals surface area contributed by atoms with Crippen molar-refractivity contribution < 1.29 is 27.4 Å². The number of aliphatic carboxylic acids is 1. The summed E-state index contributed by atoms with van der Waals surface area (Å²) in [4.78, 5) is 12.6. The number of rotatable bonds is 14. The molecule has 0 spiro atoms. The first-order valence-corrected chi connectivity index (χ1v) is 12.4. The molecule has 0 aliphatic carbocycles. The van der Waals surface area contributed by atoms with Crippen LogP contribution >= 0.6 is 0 Å². The van der Waals surface area contributed by atoms with Gasteiger partial charge < -0.3 is 20.1 Å². The number of ether oxygens (including phenoxy) is 1. The fraction of sp³-hybridized carbons (Fsp3) is 0.667. The van der Waals surface area contributed by atoms with Gasteiger partial charge in [-0.05, 0) is 70.4 Å². The van der Waals surface area contributed by atoms with E-state index >= 15 is 0 Å². The SMILES string of the molecule is C[C@@H](NS(=O)(=O)CCCCCNCC(=O)O)c1ccc(F)c(OC[C@@H]2CCCN2C)c1. The highest BCUT2D eigenvalue weighted by atomic mass is 32.2. The van der Waals surface area contributed by atoms with Crippen molar-refractivity contribution in [1.82, 2.24) is 14.9 Å². The third kappa shape index (κ3) is 9.10. The lowest BCUT2D eigenvalue weighted by Crippen LogP contribution is -2.31. The number of nitrogens with zero attached hydrogens (tertiary/aromatic N) is 1. The molecule has 1 aliphatic rings. The number of halogens is 1. The molecule has 1 heterocycles. The Morgan fingerprint density at radius 3 is 2.81 bits per heavy atom. The molecule has 0 bridgehead atoms. The van der Waals surface area contributed by atoms with Crippen molar-refractivity contribution in [3.8, 4) is 5.75 Å². The Morgan fingerprint density at radius 1 is 1.35 bits per heavy atom. The number of hydrogen-bond donors (Lipinski definition) is 3. The molecule has 0 saturated carbocycles. The van der Waals surface area contributed by atoms with E-state index < -0.39 is 27.9 Å². The molecule has 2 rings (SSSR count). The number of likely N-dealkylation sites (tertiary alicyclic amines) is 1. The standard InChI is InChI=1S/C21H34FN3O5S/c1-16(24-31(28,29)12-5-3-4-10-23-14-21(26)27)17-8-9-19(22)20(13-17)30-15-18-7-6-11-25(18)2/h8-9,13,16,18,23-24H,3-7,10-12,14-15H2,1-2H3,(H,26,27)/t16-,18+/m1/s1. The lowest BCUT2D eigenvalue weighted by atomic mass is 10.1. The molecule has 176 valence electrons. The zero-order valence-electron chi connectivity index (χ0n) is 18.3. The van der Waals surface area contributed by atoms with Crippen LogP contribution in [-0.4, -0.2) is 69.5 Å². The predicted octanol–water partition coefficient (Wildman–Crippen LogP) is 2.12. The second-order valence-corrected chi connectivity index (χ2v) is 9.94. The molecule has 0 amide bonds. The summed E-state index contributed by atoms with van der Waals surface area (Å²) in [6, 6.07) is 4.17. The van der Waals surface area contributed by atoms with Crippen molar-refractivity contribution in [2.45, 2.75) is 51.1 Å². The predicted molar refractivity (Wildman–Crippen MR) is 117 cm³/mol. The van der Waals surface area contributed by atoms with Gasteiger partial charge in [-0.1, -0.05) is 12.5 Å². The topological polar surface area (TPSA) is 108 Å². The number of carboxylic acid groups (broad SMARTS) is 1. The molecule has 3 N–H and O–H groups in total. The second kappa shape index (κ2) is 12.3. The van der Waals surface area contributed by atoms with Gasteiger partial charge in [0.1, 0.15) is 6.61 Å². The Balaban J connectivity index is 1.80. The van der Waals surface area contributed by atoms with Gasteiger partial charge >= 0.3 is 5.97 Å². The van der Waals surface area contributed by atoms with Crippen LogP contribution in [0.1, 0.15) is 50.6 Å². The third-order valence-electron chi connectivity index (χ3n) is 5.46. The third-order valence-corrected chi connectivity index (χ3v) is 7.00. The van der Waals surface area contributed by atoms with Crippen LogP contribution in [0.25, 0.3) is 0 Å². The van der Waals surface area contributed by atoms with Gasteiger partial charge in [-0.2, -0.15) is 0 Å².